The molecule has 1 aromatic heterocycles. The maximum atomic E-state index is 12.4. The first-order valence-corrected chi connectivity index (χ1v) is 9.34. The fraction of sp³-hybridized carbons (Fsp3) is 0.333. The molecule has 0 bridgehead atoms. The Morgan fingerprint density at radius 2 is 1.85 bits per heavy atom. The van der Waals surface area contributed by atoms with Crippen LogP contribution in [-0.2, 0) is 4.79 Å². The lowest BCUT2D eigenvalue weighted by Crippen LogP contribution is -2.49. The molecule has 136 valence electrons. The van der Waals surface area contributed by atoms with Crippen molar-refractivity contribution >= 4 is 29.0 Å². The molecule has 0 atom stereocenters. The zero-order valence-corrected chi connectivity index (χ0v) is 15.3. The molecule has 26 heavy (non-hydrogen) atoms. The molecule has 1 saturated heterocycles. The second kappa shape index (κ2) is 8.18. The molecule has 1 aromatic carbocycles. The number of amides is 1. The minimum absolute atomic E-state index is 0.0873. The Balaban J connectivity index is 1.48. The van der Waals surface area contributed by atoms with E-state index in [1.54, 1.807) is 18.3 Å². The first-order chi connectivity index (χ1) is 12.5. The quantitative estimate of drug-likeness (QED) is 0.456. The van der Waals surface area contributed by atoms with Crippen molar-refractivity contribution in [3.05, 3.63) is 58.3 Å². The summed E-state index contributed by atoms with van der Waals surface area (Å²) in [6.45, 7) is 4.72. The van der Waals surface area contributed by atoms with Crippen LogP contribution in [0.4, 0.5) is 11.4 Å². The van der Waals surface area contributed by atoms with Crippen LogP contribution in [0, 0.1) is 17.0 Å². The van der Waals surface area contributed by atoms with Crippen LogP contribution < -0.4 is 4.90 Å². The molecule has 7 nitrogen and oxygen atoms in total. The predicted molar refractivity (Wildman–Crippen MR) is 102 cm³/mol. The highest BCUT2D eigenvalue weighted by Gasteiger charge is 2.21. The van der Waals surface area contributed by atoms with E-state index in [1.165, 1.54) is 23.9 Å². The van der Waals surface area contributed by atoms with Crippen molar-refractivity contribution in [1.29, 1.82) is 0 Å². The number of piperazine rings is 1. The van der Waals surface area contributed by atoms with Gasteiger partial charge in [0.15, 0.2) is 0 Å². The summed E-state index contributed by atoms with van der Waals surface area (Å²) in [5, 5.41) is 11.6. The first-order valence-electron chi connectivity index (χ1n) is 8.35. The molecule has 0 aliphatic carbocycles. The van der Waals surface area contributed by atoms with Gasteiger partial charge in [-0.05, 0) is 30.7 Å². The van der Waals surface area contributed by atoms with Gasteiger partial charge in [-0.1, -0.05) is 17.8 Å². The lowest BCUT2D eigenvalue weighted by atomic mass is 10.2. The standard InChI is InChI=1S/C18H20N4O3S/c1-14-2-7-17(19-12-14)26-13-18(23)21-10-8-20(9-11-21)15-3-5-16(6-4-15)22(24)25/h2-7,12H,8-11,13H2,1H3. The minimum Gasteiger partial charge on any atom is -0.368 e. The molecule has 8 heteroatoms. The summed E-state index contributed by atoms with van der Waals surface area (Å²) >= 11 is 1.45. The van der Waals surface area contributed by atoms with Gasteiger partial charge in [-0.15, -0.1) is 0 Å². The second-order valence-electron chi connectivity index (χ2n) is 6.10. The van der Waals surface area contributed by atoms with Crippen LogP contribution in [0.15, 0.2) is 47.6 Å². The predicted octanol–water partition coefficient (Wildman–Crippen LogP) is 2.74. The Labute approximate surface area is 156 Å². The van der Waals surface area contributed by atoms with Crippen molar-refractivity contribution in [3.8, 4) is 0 Å². The number of pyridine rings is 1. The fourth-order valence-electron chi connectivity index (χ4n) is 2.77. The van der Waals surface area contributed by atoms with E-state index in [2.05, 4.69) is 9.88 Å². The van der Waals surface area contributed by atoms with Crippen LogP contribution in [0.25, 0.3) is 0 Å². The average molecular weight is 372 g/mol. The van der Waals surface area contributed by atoms with Crippen molar-refractivity contribution in [2.45, 2.75) is 11.9 Å². The SMILES string of the molecule is Cc1ccc(SCC(=O)N2CCN(c3ccc([N+](=O)[O-])cc3)CC2)nc1. The molecule has 0 spiro atoms. The maximum Gasteiger partial charge on any atom is 0.269 e. The number of carbonyl (C=O) groups excluding carboxylic acids is 1. The molecule has 1 fully saturated rings. The maximum absolute atomic E-state index is 12.4. The number of thioether (sulfide) groups is 1. The van der Waals surface area contributed by atoms with Gasteiger partial charge >= 0.3 is 0 Å². The van der Waals surface area contributed by atoms with Crippen LogP contribution >= 0.6 is 11.8 Å². The van der Waals surface area contributed by atoms with Crippen molar-refractivity contribution in [1.82, 2.24) is 9.88 Å². The Morgan fingerprint density at radius 3 is 2.42 bits per heavy atom. The van der Waals surface area contributed by atoms with Gasteiger partial charge in [0, 0.05) is 50.2 Å². The summed E-state index contributed by atoms with van der Waals surface area (Å²) in [5.41, 5.74) is 2.13. The number of nitro groups is 1. The number of aryl methyl sites for hydroxylation is 1. The number of anilines is 1. The third kappa shape index (κ3) is 4.51. The zero-order chi connectivity index (χ0) is 18.5. The summed E-state index contributed by atoms with van der Waals surface area (Å²) in [5.74, 6) is 0.494. The average Bonchev–Trinajstić information content (AvgIpc) is 2.67. The van der Waals surface area contributed by atoms with Crippen LogP contribution in [0.1, 0.15) is 5.56 Å². The molecule has 0 N–H and O–H groups in total. The number of carbonyl (C=O) groups is 1. The van der Waals surface area contributed by atoms with E-state index in [0.29, 0.717) is 18.8 Å². The molecular weight excluding hydrogens is 352 g/mol. The van der Waals surface area contributed by atoms with E-state index in [1.807, 2.05) is 24.0 Å². The number of hydrogen-bond acceptors (Lipinski definition) is 6. The molecule has 1 aliphatic heterocycles. The summed E-state index contributed by atoms with van der Waals surface area (Å²) in [6.07, 6.45) is 1.80. The van der Waals surface area contributed by atoms with E-state index >= 15 is 0 Å². The largest absolute Gasteiger partial charge is 0.368 e. The smallest absolute Gasteiger partial charge is 0.269 e. The van der Waals surface area contributed by atoms with Gasteiger partial charge in [-0.25, -0.2) is 4.98 Å². The highest BCUT2D eigenvalue weighted by Crippen LogP contribution is 2.21. The highest BCUT2D eigenvalue weighted by atomic mass is 32.2. The van der Waals surface area contributed by atoms with E-state index in [9.17, 15) is 14.9 Å². The van der Waals surface area contributed by atoms with Crippen LogP contribution in [0.5, 0.6) is 0 Å². The summed E-state index contributed by atoms with van der Waals surface area (Å²) in [6, 6.07) is 10.5. The minimum atomic E-state index is -0.402. The van der Waals surface area contributed by atoms with Gasteiger partial charge in [0.25, 0.3) is 5.69 Å². The van der Waals surface area contributed by atoms with Gasteiger partial charge in [0.05, 0.1) is 15.7 Å². The van der Waals surface area contributed by atoms with E-state index in [0.717, 1.165) is 29.4 Å². The molecular formula is C18H20N4O3S. The normalized spacial score (nSPS) is 14.3. The Bertz CT molecular complexity index is 772. The van der Waals surface area contributed by atoms with Gasteiger partial charge in [0.1, 0.15) is 0 Å². The number of nitrogens with zero attached hydrogens (tertiary/aromatic N) is 4. The van der Waals surface area contributed by atoms with Gasteiger partial charge in [-0.2, -0.15) is 0 Å². The van der Waals surface area contributed by atoms with Gasteiger partial charge in [0.2, 0.25) is 5.91 Å². The lowest BCUT2D eigenvalue weighted by molar-refractivity contribution is -0.384. The number of rotatable bonds is 5. The van der Waals surface area contributed by atoms with Crippen LogP contribution in [-0.4, -0.2) is 52.6 Å². The number of benzene rings is 1. The van der Waals surface area contributed by atoms with Gasteiger partial charge in [-0.3, -0.25) is 14.9 Å². The second-order valence-corrected chi connectivity index (χ2v) is 7.10. The Morgan fingerprint density at radius 1 is 1.15 bits per heavy atom. The van der Waals surface area contributed by atoms with Crippen molar-refractivity contribution < 1.29 is 9.72 Å². The van der Waals surface area contributed by atoms with Crippen LogP contribution in [0.2, 0.25) is 0 Å². The Kier molecular flexibility index (Phi) is 5.72. The van der Waals surface area contributed by atoms with Crippen molar-refractivity contribution in [2.75, 3.05) is 36.8 Å². The summed E-state index contributed by atoms with van der Waals surface area (Å²) in [4.78, 5) is 31.0. The topological polar surface area (TPSA) is 79.6 Å². The number of hydrogen-bond donors (Lipinski definition) is 0. The summed E-state index contributed by atoms with van der Waals surface area (Å²) in [7, 11) is 0. The molecule has 0 unspecified atom stereocenters. The van der Waals surface area contributed by atoms with Crippen molar-refractivity contribution in [3.63, 3.8) is 0 Å². The molecule has 1 aliphatic rings. The van der Waals surface area contributed by atoms with Crippen molar-refractivity contribution in [2.24, 2.45) is 0 Å². The zero-order valence-electron chi connectivity index (χ0n) is 14.5. The first kappa shape index (κ1) is 18.2. The third-order valence-electron chi connectivity index (χ3n) is 4.29. The van der Waals surface area contributed by atoms with E-state index in [-0.39, 0.29) is 11.6 Å². The monoisotopic (exact) mass is 372 g/mol. The molecule has 0 saturated carbocycles. The van der Waals surface area contributed by atoms with Gasteiger partial charge < -0.3 is 9.80 Å². The number of non-ortho nitro benzene ring substituents is 1. The molecule has 2 aromatic rings. The fourth-order valence-corrected chi connectivity index (χ4v) is 3.51. The van der Waals surface area contributed by atoms with E-state index in [4.69, 9.17) is 0 Å². The van der Waals surface area contributed by atoms with E-state index < -0.39 is 4.92 Å². The molecule has 0 radical (unpaired) electrons. The Hall–Kier alpha value is -2.61. The number of nitro benzene ring substituents is 1. The highest BCUT2D eigenvalue weighted by molar-refractivity contribution is 7.99. The molecule has 1 amide bonds. The van der Waals surface area contributed by atoms with Crippen LogP contribution in [0.3, 0.4) is 0 Å². The molecule has 2 heterocycles. The third-order valence-corrected chi connectivity index (χ3v) is 5.21. The number of aromatic nitrogens is 1. The summed E-state index contributed by atoms with van der Waals surface area (Å²) < 4.78 is 0. The lowest BCUT2D eigenvalue weighted by Gasteiger charge is -2.36. The molecule has 3 rings (SSSR count).